The molecule has 4 aromatic rings. The van der Waals surface area contributed by atoms with Crippen molar-refractivity contribution in [1.82, 2.24) is 15.0 Å². The Bertz CT molecular complexity index is 1540. The maximum absolute atomic E-state index is 13.2. The van der Waals surface area contributed by atoms with Crippen molar-refractivity contribution in [3.8, 4) is 11.1 Å². The molecule has 0 atom stereocenters. The molecule has 0 aliphatic heterocycles. The fourth-order valence-corrected chi connectivity index (χ4v) is 5.38. The maximum atomic E-state index is 13.2. The number of fused-ring (bicyclic) bond motifs is 1. The average molecular weight is 614 g/mol. The van der Waals surface area contributed by atoms with Crippen LogP contribution < -0.4 is 10.0 Å². The van der Waals surface area contributed by atoms with Gasteiger partial charge in [-0.2, -0.15) is 0 Å². The molecule has 0 bridgehead atoms. The van der Waals surface area contributed by atoms with E-state index in [0.717, 1.165) is 18.4 Å². The van der Waals surface area contributed by atoms with Crippen molar-refractivity contribution in [2.45, 2.75) is 24.2 Å². The molecular formula is C27H28Cl2F2N4O4S. The van der Waals surface area contributed by atoms with Crippen LogP contribution in [-0.2, 0) is 16.4 Å². The van der Waals surface area contributed by atoms with Crippen LogP contribution in [-0.4, -0.2) is 38.0 Å². The molecule has 3 aromatic carbocycles. The largest absolute Gasteiger partial charge is 0.315 e. The van der Waals surface area contributed by atoms with Gasteiger partial charge in [-0.25, -0.2) is 21.9 Å². The van der Waals surface area contributed by atoms with E-state index in [2.05, 4.69) is 15.0 Å². The van der Waals surface area contributed by atoms with Crippen LogP contribution in [0.25, 0.3) is 21.9 Å². The van der Waals surface area contributed by atoms with Gasteiger partial charge in [-0.05, 0) is 60.3 Å². The average Bonchev–Trinajstić information content (AvgIpc) is 2.92. The maximum Gasteiger partial charge on any atom is 0.269 e. The summed E-state index contributed by atoms with van der Waals surface area (Å²) in [5.41, 5.74) is 1.88. The van der Waals surface area contributed by atoms with Crippen LogP contribution in [0.1, 0.15) is 24.0 Å². The van der Waals surface area contributed by atoms with Gasteiger partial charge >= 0.3 is 0 Å². The van der Waals surface area contributed by atoms with Gasteiger partial charge in [-0.15, -0.1) is 24.8 Å². The number of rotatable bonds is 12. The molecule has 13 heteroatoms. The van der Waals surface area contributed by atoms with Gasteiger partial charge < -0.3 is 5.32 Å². The third-order valence-electron chi connectivity index (χ3n) is 6.04. The Morgan fingerprint density at radius 1 is 0.925 bits per heavy atom. The molecule has 1 heterocycles. The number of halogens is 4. The van der Waals surface area contributed by atoms with E-state index in [1.165, 1.54) is 42.6 Å². The standard InChI is InChI=1S/C27H26F2N4O4S.2ClH/c28-27(29)21-5-1-4-20(15-21)22-16-23-18-31-12-10-25(23)26(17-22)38(36,37)32-14-13-30-11-2-3-19-6-8-24(9-7-19)33(34)35;;/h1,4-10,12,15-18,27,30,32H,2-3,11,13-14H2;2*1H. The number of pyridine rings is 1. The van der Waals surface area contributed by atoms with Crippen molar-refractivity contribution >= 4 is 51.3 Å². The summed E-state index contributed by atoms with van der Waals surface area (Å²) in [6.07, 6.45) is 1.92. The topological polar surface area (TPSA) is 114 Å². The Labute approximate surface area is 243 Å². The fourth-order valence-electron chi connectivity index (χ4n) is 4.10. The zero-order chi connectivity index (χ0) is 27.1. The molecule has 0 saturated heterocycles. The van der Waals surface area contributed by atoms with Gasteiger partial charge in [0.05, 0.1) is 9.82 Å². The normalized spacial score (nSPS) is 11.2. The van der Waals surface area contributed by atoms with E-state index in [1.807, 2.05) is 0 Å². The van der Waals surface area contributed by atoms with Crippen molar-refractivity contribution in [2.24, 2.45) is 0 Å². The first kappa shape index (κ1) is 33.0. The molecule has 0 amide bonds. The lowest BCUT2D eigenvalue weighted by Crippen LogP contribution is -2.32. The second-order valence-corrected chi connectivity index (χ2v) is 10.4. The number of nitrogens with zero attached hydrogens (tertiary/aromatic N) is 2. The van der Waals surface area contributed by atoms with E-state index in [9.17, 15) is 27.3 Å². The molecule has 8 nitrogen and oxygen atoms in total. The highest BCUT2D eigenvalue weighted by atomic mass is 35.5. The van der Waals surface area contributed by atoms with Gasteiger partial charge in [-0.3, -0.25) is 15.1 Å². The highest BCUT2D eigenvalue weighted by Gasteiger charge is 2.19. The lowest BCUT2D eigenvalue weighted by molar-refractivity contribution is -0.384. The number of hydrogen-bond donors (Lipinski definition) is 2. The number of nitrogens with one attached hydrogen (secondary N) is 2. The minimum absolute atomic E-state index is 0. The van der Waals surface area contributed by atoms with Crippen molar-refractivity contribution in [3.05, 3.63) is 100 Å². The van der Waals surface area contributed by atoms with E-state index in [-0.39, 0.29) is 47.5 Å². The SMILES string of the molecule is Cl.Cl.O=[N+]([O-])c1ccc(CCCNCCNS(=O)(=O)c2cc(-c3cccc(C(F)F)c3)cc3cnccc23)cc1. The summed E-state index contributed by atoms with van der Waals surface area (Å²) in [4.78, 5) is 14.4. The Kier molecular flexibility index (Phi) is 12.3. The fraction of sp³-hybridized carbons (Fsp3) is 0.222. The van der Waals surface area contributed by atoms with Crippen LogP contribution in [0, 0.1) is 10.1 Å². The van der Waals surface area contributed by atoms with E-state index >= 15 is 0 Å². The van der Waals surface area contributed by atoms with Crippen LogP contribution in [0.2, 0.25) is 0 Å². The minimum Gasteiger partial charge on any atom is -0.315 e. The van der Waals surface area contributed by atoms with Crippen LogP contribution >= 0.6 is 24.8 Å². The minimum atomic E-state index is -3.91. The molecular weight excluding hydrogens is 585 g/mol. The summed E-state index contributed by atoms with van der Waals surface area (Å²) in [5, 5.41) is 15.0. The zero-order valence-electron chi connectivity index (χ0n) is 21.1. The van der Waals surface area contributed by atoms with Crippen LogP contribution in [0.4, 0.5) is 14.5 Å². The molecule has 40 heavy (non-hydrogen) atoms. The summed E-state index contributed by atoms with van der Waals surface area (Å²) in [6, 6.07) is 17.1. The quantitative estimate of drug-likeness (QED) is 0.114. The van der Waals surface area contributed by atoms with Gasteiger partial charge in [-0.1, -0.05) is 30.3 Å². The number of nitro groups is 1. The number of sulfonamides is 1. The van der Waals surface area contributed by atoms with Gasteiger partial charge in [0.25, 0.3) is 12.1 Å². The zero-order valence-corrected chi connectivity index (χ0v) is 23.6. The lowest BCUT2D eigenvalue weighted by atomic mass is 10.0. The summed E-state index contributed by atoms with van der Waals surface area (Å²) < 4.78 is 55.5. The highest BCUT2D eigenvalue weighted by Crippen LogP contribution is 2.32. The van der Waals surface area contributed by atoms with Crippen LogP contribution in [0.5, 0.6) is 0 Å². The summed E-state index contributed by atoms with van der Waals surface area (Å²) in [5.74, 6) is 0. The van der Waals surface area contributed by atoms with E-state index in [1.54, 1.807) is 36.5 Å². The van der Waals surface area contributed by atoms with Gasteiger partial charge in [0, 0.05) is 54.0 Å². The predicted molar refractivity (Wildman–Crippen MR) is 156 cm³/mol. The molecule has 1 aromatic heterocycles. The Morgan fingerprint density at radius 3 is 2.38 bits per heavy atom. The highest BCUT2D eigenvalue weighted by molar-refractivity contribution is 7.89. The number of nitro benzene ring substituents is 1. The van der Waals surface area contributed by atoms with Crippen molar-refractivity contribution in [3.63, 3.8) is 0 Å². The number of non-ortho nitro benzene ring substituents is 1. The molecule has 2 N–H and O–H groups in total. The van der Waals surface area contributed by atoms with Crippen LogP contribution in [0.15, 0.2) is 84.0 Å². The van der Waals surface area contributed by atoms with Gasteiger partial charge in [0.1, 0.15) is 0 Å². The van der Waals surface area contributed by atoms with Crippen LogP contribution in [0.3, 0.4) is 0 Å². The summed E-state index contributed by atoms with van der Waals surface area (Å²) in [6.45, 7) is 1.19. The molecule has 0 spiro atoms. The lowest BCUT2D eigenvalue weighted by Gasteiger charge is -2.13. The molecule has 0 radical (unpaired) electrons. The second-order valence-electron chi connectivity index (χ2n) is 8.67. The first-order chi connectivity index (χ1) is 18.2. The number of benzene rings is 3. The molecule has 4 rings (SSSR count). The van der Waals surface area contributed by atoms with E-state index in [4.69, 9.17) is 0 Å². The van der Waals surface area contributed by atoms with Gasteiger partial charge in [0.15, 0.2) is 0 Å². The number of hydrogen-bond acceptors (Lipinski definition) is 6. The molecule has 214 valence electrons. The number of aromatic nitrogens is 1. The van der Waals surface area contributed by atoms with Crippen molar-refractivity contribution < 1.29 is 22.1 Å². The second kappa shape index (κ2) is 15.0. The van der Waals surface area contributed by atoms with E-state index in [0.29, 0.717) is 35.0 Å². The third-order valence-corrected chi connectivity index (χ3v) is 7.54. The Hall–Kier alpha value is -3.22. The smallest absolute Gasteiger partial charge is 0.269 e. The first-order valence-electron chi connectivity index (χ1n) is 11.9. The monoisotopic (exact) mass is 612 g/mol. The van der Waals surface area contributed by atoms with Gasteiger partial charge in [0.2, 0.25) is 10.0 Å². The Morgan fingerprint density at radius 2 is 1.68 bits per heavy atom. The molecule has 0 saturated carbocycles. The first-order valence-corrected chi connectivity index (χ1v) is 13.4. The Balaban J connectivity index is 0.00000280. The molecule has 0 aliphatic carbocycles. The predicted octanol–water partition coefficient (Wildman–Crippen LogP) is 6.09. The van der Waals surface area contributed by atoms with Crippen molar-refractivity contribution in [2.75, 3.05) is 19.6 Å². The number of aryl methyl sites for hydroxylation is 1. The third kappa shape index (κ3) is 8.39. The summed E-state index contributed by atoms with van der Waals surface area (Å²) in [7, 11) is -3.91. The molecule has 0 fully saturated rings. The molecule has 0 unspecified atom stereocenters. The number of alkyl halides is 2. The summed E-state index contributed by atoms with van der Waals surface area (Å²) >= 11 is 0. The van der Waals surface area contributed by atoms with Crippen molar-refractivity contribution in [1.29, 1.82) is 0 Å². The molecule has 0 aliphatic rings. The van der Waals surface area contributed by atoms with E-state index < -0.39 is 21.4 Å².